The predicted octanol–water partition coefficient (Wildman–Crippen LogP) is 3.49. The minimum Gasteiger partial charge on any atom is -0.323 e. The number of benzene rings is 2. The average Bonchev–Trinajstić information content (AvgIpc) is 2.26. The van der Waals surface area contributed by atoms with Crippen molar-refractivity contribution in [2.75, 3.05) is 0 Å². The molecule has 2 rings (SSSR count). The summed E-state index contributed by atoms with van der Waals surface area (Å²) in [6.07, 6.45) is -0.0630. The molecule has 5 heteroatoms. The maximum atomic E-state index is 13.5. The smallest absolute Gasteiger partial charge is 0.130 e. The van der Waals surface area contributed by atoms with Gasteiger partial charge in [0.2, 0.25) is 0 Å². The van der Waals surface area contributed by atoms with Crippen LogP contribution in [0.25, 0.3) is 0 Å². The van der Waals surface area contributed by atoms with Crippen LogP contribution in [0.15, 0.2) is 36.4 Å². The molecular weight excluding hydrogens is 258 g/mol. The van der Waals surface area contributed by atoms with Crippen LogP contribution in [0.5, 0.6) is 0 Å². The fourth-order valence-corrected chi connectivity index (χ4v) is 1.95. The summed E-state index contributed by atoms with van der Waals surface area (Å²) in [5, 5.41) is 0. The van der Waals surface area contributed by atoms with Gasteiger partial charge in [-0.25, -0.2) is 17.6 Å². The first-order valence-corrected chi connectivity index (χ1v) is 5.62. The summed E-state index contributed by atoms with van der Waals surface area (Å²) in [4.78, 5) is 0. The van der Waals surface area contributed by atoms with Gasteiger partial charge in [0.25, 0.3) is 0 Å². The monoisotopic (exact) mass is 269 g/mol. The molecule has 1 nitrogen and oxygen atoms in total. The fraction of sp³-hybridized carbons (Fsp3) is 0.143. The summed E-state index contributed by atoms with van der Waals surface area (Å²) in [5.74, 6) is -3.05. The lowest BCUT2D eigenvalue weighted by molar-refractivity contribution is 0.522. The molecule has 2 aromatic rings. The van der Waals surface area contributed by atoms with E-state index in [0.29, 0.717) is 0 Å². The fourth-order valence-electron chi connectivity index (χ4n) is 1.95. The third-order valence-corrected chi connectivity index (χ3v) is 2.75. The molecule has 1 unspecified atom stereocenters. The van der Waals surface area contributed by atoms with E-state index in [4.69, 9.17) is 5.73 Å². The molecule has 19 heavy (non-hydrogen) atoms. The molecular formula is C14H11F4N. The summed E-state index contributed by atoms with van der Waals surface area (Å²) in [6, 6.07) is 5.28. The maximum absolute atomic E-state index is 13.5. The van der Waals surface area contributed by atoms with Crippen LogP contribution in [0.1, 0.15) is 17.2 Å². The molecule has 0 aliphatic heterocycles. The standard InChI is InChI=1S/C14H11F4N/c15-9-4-8(5-10(16)7-9)6-13(19)14-11(17)2-1-3-12(14)18/h1-5,7,13H,6,19H2. The lowest BCUT2D eigenvalue weighted by Gasteiger charge is -2.14. The van der Waals surface area contributed by atoms with Crippen LogP contribution >= 0.6 is 0 Å². The van der Waals surface area contributed by atoms with Crippen molar-refractivity contribution in [2.24, 2.45) is 5.73 Å². The first kappa shape index (κ1) is 13.5. The van der Waals surface area contributed by atoms with Gasteiger partial charge in [-0.2, -0.15) is 0 Å². The Morgan fingerprint density at radius 2 is 1.42 bits per heavy atom. The van der Waals surface area contributed by atoms with Gasteiger partial charge in [-0.1, -0.05) is 6.07 Å². The van der Waals surface area contributed by atoms with Crippen LogP contribution in [-0.4, -0.2) is 0 Å². The lowest BCUT2D eigenvalue weighted by Crippen LogP contribution is -2.17. The van der Waals surface area contributed by atoms with Crippen molar-refractivity contribution in [1.82, 2.24) is 0 Å². The highest BCUT2D eigenvalue weighted by atomic mass is 19.1. The predicted molar refractivity (Wildman–Crippen MR) is 63.3 cm³/mol. The maximum Gasteiger partial charge on any atom is 0.130 e. The van der Waals surface area contributed by atoms with Crippen molar-refractivity contribution in [3.05, 3.63) is 70.8 Å². The number of rotatable bonds is 3. The molecule has 0 amide bonds. The third-order valence-electron chi connectivity index (χ3n) is 2.75. The molecule has 0 saturated heterocycles. The van der Waals surface area contributed by atoms with Crippen molar-refractivity contribution in [2.45, 2.75) is 12.5 Å². The second-order valence-corrected chi connectivity index (χ2v) is 4.22. The van der Waals surface area contributed by atoms with Gasteiger partial charge in [-0.3, -0.25) is 0 Å². The van der Waals surface area contributed by atoms with Gasteiger partial charge in [-0.15, -0.1) is 0 Å². The van der Waals surface area contributed by atoms with Crippen molar-refractivity contribution in [3.8, 4) is 0 Å². The first-order chi connectivity index (χ1) is 8.97. The second kappa shape index (κ2) is 5.40. The Morgan fingerprint density at radius 1 is 0.895 bits per heavy atom. The number of hydrogen-bond donors (Lipinski definition) is 1. The molecule has 1 atom stereocenters. The number of hydrogen-bond acceptors (Lipinski definition) is 1. The van der Waals surface area contributed by atoms with E-state index >= 15 is 0 Å². The van der Waals surface area contributed by atoms with E-state index in [9.17, 15) is 17.6 Å². The molecule has 0 spiro atoms. The highest BCUT2D eigenvalue weighted by Crippen LogP contribution is 2.22. The van der Waals surface area contributed by atoms with Crippen LogP contribution in [0, 0.1) is 23.3 Å². The Balaban J connectivity index is 2.28. The zero-order valence-corrected chi connectivity index (χ0v) is 9.84. The van der Waals surface area contributed by atoms with Gasteiger partial charge in [0.1, 0.15) is 23.3 Å². The quantitative estimate of drug-likeness (QED) is 0.848. The summed E-state index contributed by atoms with van der Waals surface area (Å²) in [7, 11) is 0. The number of halogens is 4. The largest absolute Gasteiger partial charge is 0.323 e. The Labute approximate surface area is 107 Å². The van der Waals surface area contributed by atoms with Crippen molar-refractivity contribution in [1.29, 1.82) is 0 Å². The van der Waals surface area contributed by atoms with E-state index < -0.39 is 29.3 Å². The zero-order chi connectivity index (χ0) is 14.0. The van der Waals surface area contributed by atoms with Crippen LogP contribution in [0.4, 0.5) is 17.6 Å². The highest BCUT2D eigenvalue weighted by molar-refractivity contribution is 5.26. The molecule has 0 radical (unpaired) electrons. The van der Waals surface area contributed by atoms with Crippen LogP contribution in [0.2, 0.25) is 0 Å². The number of nitrogens with two attached hydrogens (primary N) is 1. The Bertz CT molecular complexity index is 557. The van der Waals surface area contributed by atoms with Gasteiger partial charge in [0.15, 0.2) is 0 Å². The second-order valence-electron chi connectivity index (χ2n) is 4.22. The molecule has 100 valence electrons. The van der Waals surface area contributed by atoms with Crippen molar-refractivity contribution in [3.63, 3.8) is 0 Å². The normalized spacial score (nSPS) is 12.5. The third kappa shape index (κ3) is 3.12. The topological polar surface area (TPSA) is 26.0 Å². The van der Waals surface area contributed by atoms with Gasteiger partial charge < -0.3 is 5.73 Å². The summed E-state index contributed by atoms with van der Waals surface area (Å²) in [5.41, 5.74) is 5.66. The SMILES string of the molecule is NC(Cc1cc(F)cc(F)c1)c1c(F)cccc1F. The van der Waals surface area contributed by atoms with E-state index in [2.05, 4.69) is 0 Å². The van der Waals surface area contributed by atoms with E-state index in [1.165, 1.54) is 6.07 Å². The lowest BCUT2D eigenvalue weighted by atomic mass is 9.98. The molecule has 2 N–H and O–H groups in total. The van der Waals surface area contributed by atoms with Gasteiger partial charge >= 0.3 is 0 Å². The Hall–Kier alpha value is -1.88. The molecule has 0 aliphatic rings. The van der Waals surface area contributed by atoms with Gasteiger partial charge in [-0.05, 0) is 36.2 Å². The average molecular weight is 269 g/mol. The Morgan fingerprint density at radius 3 is 1.95 bits per heavy atom. The van der Waals surface area contributed by atoms with Gasteiger partial charge in [0, 0.05) is 17.7 Å². The molecule has 0 aliphatic carbocycles. The van der Waals surface area contributed by atoms with Crippen LogP contribution in [0.3, 0.4) is 0 Å². The summed E-state index contributed by atoms with van der Waals surface area (Å²) in [6.45, 7) is 0. The molecule has 0 fully saturated rings. The minimum atomic E-state index is -1.01. The van der Waals surface area contributed by atoms with Gasteiger partial charge in [0.05, 0.1) is 0 Å². The first-order valence-electron chi connectivity index (χ1n) is 5.62. The van der Waals surface area contributed by atoms with E-state index in [0.717, 1.165) is 30.3 Å². The summed E-state index contributed by atoms with van der Waals surface area (Å²) >= 11 is 0. The summed E-state index contributed by atoms with van der Waals surface area (Å²) < 4.78 is 53.0. The van der Waals surface area contributed by atoms with Crippen molar-refractivity contribution < 1.29 is 17.6 Å². The van der Waals surface area contributed by atoms with E-state index in [1.807, 2.05) is 0 Å². The van der Waals surface area contributed by atoms with E-state index in [1.54, 1.807) is 0 Å². The van der Waals surface area contributed by atoms with Crippen molar-refractivity contribution >= 4 is 0 Å². The highest BCUT2D eigenvalue weighted by Gasteiger charge is 2.17. The molecule has 0 bridgehead atoms. The molecule has 0 heterocycles. The zero-order valence-electron chi connectivity index (χ0n) is 9.84. The minimum absolute atomic E-state index is 0.0630. The van der Waals surface area contributed by atoms with Crippen LogP contribution in [-0.2, 0) is 6.42 Å². The Kier molecular flexibility index (Phi) is 3.85. The van der Waals surface area contributed by atoms with E-state index in [-0.39, 0.29) is 17.5 Å². The molecule has 2 aromatic carbocycles. The molecule has 0 saturated carbocycles. The molecule has 0 aromatic heterocycles. The van der Waals surface area contributed by atoms with Crippen LogP contribution < -0.4 is 5.73 Å².